The minimum atomic E-state index is -0.592. The average Bonchev–Trinajstić information content (AvgIpc) is 2.18. The first-order valence-electron chi connectivity index (χ1n) is 5.24. The van der Waals surface area contributed by atoms with E-state index in [1.807, 2.05) is 13.8 Å². The normalized spacial score (nSPS) is 11.5. The number of halogens is 1. The maximum atomic E-state index is 13.4. The van der Waals surface area contributed by atoms with Gasteiger partial charge in [-0.3, -0.25) is 4.79 Å². The number of carbonyl (C=O) groups is 1. The van der Waals surface area contributed by atoms with Crippen LogP contribution >= 0.6 is 0 Å². The number of rotatable bonds is 5. The molecule has 0 heterocycles. The van der Waals surface area contributed by atoms with E-state index < -0.39 is 17.3 Å². The van der Waals surface area contributed by atoms with Crippen LogP contribution in [0.25, 0.3) is 0 Å². The molecule has 17 heavy (non-hydrogen) atoms. The molecule has 0 atom stereocenters. The SMILES string of the molecule is CC(C)(N)COCc1cc(C(N)=O)ccc1F. The van der Waals surface area contributed by atoms with Crippen LogP contribution < -0.4 is 11.5 Å². The van der Waals surface area contributed by atoms with Crippen LogP contribution in [0.3, 0.4) is 0 Å². The third-order valence-electron chi connectivity index (χ3n) is 2.06. The number of amides is 1. The van der Waals surface area contributed by atoms with E-state index in [1.54, 1.807) is 0 Å². The summed E-state index contributed by atoms with van der Waals surface area (Å²) >= 11 is 0. The zero-order valence-electron chi connectivity index (χ0n) is 10.00. The molecule has 1 aromatic rings. The van der Waals surface area contributed by atoms with Gasteiger partial charge < -0.3 is 16.2 Å². The van der Waals surface area contributed by atoms with Gasteiger partial charge in [-0.2, -0.15) is 0 Å². The molecule has 0 aliphatic carbocycles. The van der Waals surface area contributed by atoms with E-state index in [2.05, 4.69) is 0 Å². The van der Waals surface area contributed by atoms with Gasteiger partial charge in [-0.05, 0) is 32.0 Å². The van der Waals surface area contributed by atoms with Crippen LogP contribution in [0.1, 0.15) is 29.8 Å². The van der Waals surface area contributed by atoms with E-state index in [-0.39, 0.29) is 12.2 Å². The predicted molar refractivity (Wildman–Crippen MR) is 62.8 cm³/mol. The molecule has 0 saturated carbocycles. The Morgan fingerprint density at radius 3 is 2.65 bits per heavy atom. The maximum absolute atomic E-state index is 13.4. The van der Waals surface area contributed by atoms with E-state index in [0.29, 0.717) is 12.2 Å². The highest BCUT2D eigenvalue weighted by atomic mass is 19.1. The Kier molecular flexibility index (Phi) is 4.20. The number of carbonyl (C=O) groups excluding carboxylic acids is 1. The van der Waals surface area contributed by atoms with Crippen LogP contribution in [0.15, 0.2) is 18.2 Å². The third kappa shape index (κ3) is 4.50. The molecule has 0 unspecified atom stereocenters. The highest BCUT2D eigenvalue weighted by molar-refractivity contribution is 5.92. The molecule has 1 rings (SSSR count). The van der Waals surface area contributed by atoms with E-state index in [1.165, 1.54) is 18.2 Å². The van der Waals surface area contributed by atoms with Crippen molar-refractivity contribution < 1.29 is 13.9 Å². The molecule has 0 bridgehead atoms. The summed E-state index contributed by atoms with van der Waals surface area (Å²) in [6, 6.07) is 3.93. The van der Waals surface area contributed by atoms with E-state index >= 15 is 0 Å². The molecule has 0 fully saturated rings. The summed E-state index contributed by atoms with van der Waals surface area (Å²) in [5, 5.41) is 0. The minimum Gasteiger partial charge on any atom is -0.375 e. The second kappa shape index (κ2) is 5.25. The lowest BCUT2D eigenvalue weighted by atomic mass is 10.1. The largest absolute Gasteiger partial charge is 0.375 e. The molecular weight excluding hydrogens is 223 g/mol. The van der Waals surface area contributed by atoms with Crippen molar-refractivity contribution in [3.63, 3.8) is 0 Å². The Labute approximate surface area is 99.7 Å². The zero-order valence-corrected chi connectivity index (χ0v) is 10.00. The zero-order chi connectivity index (χ0) is 13.1. The molecule has 4 nitrogen and oxygen atoms in total. The summed E-state index contributed by atoms with van der Waals surface area (Å²) in [6.45, 7) is 3.98. The van der Waals surface area contributed by atoms with Crippen LogP contribution in [0, 0.1) is 5.82 Å². The van der Waals surface area contributed by atoms with Gasteiger partial charge >= 0.3 is 0 Å². The molecule has 0 aromatic heterocycles. The van der Waals surface area contributed by atoms with Crippen molar-refractivity contribution in [2.24, 2.45) is 11.5 Å². The first kappa shape index (κ1) is 13.6. The summed E-state index contributed by atoms with van der Waals surface area (Å²) < 4.78 is 18.7. The van der Waals surface area contributed by atoms with E-state index in [4.69, 9.17) is 16.2 Å². The molecule has 0 saturated heterocycles. The summed E-state index contributed by atoms with van der Waals surface area (Å²) in [6.07, 6.45) is 0. The van der Waals surface area contributed by atoms with Gasteiger partial charge in [-0.25, -0.2) is 4.39 Å². The molecule has 1 amide bonds. The van der Waals surface area contributed by atoms with Gasteiger partial charge in [0, 0.05) is 16.7 Å². The van der Waals surface area contributed by atoms with Crippen molar-refractivity contribution in [1.82, 2.24) is 0 Å². The molecule has 0 aliphatic rings. The third-order valence-corrected chi connectivity index (χ3v) is 2.06. The monoisotopic (exact) mass is 240 g/mol. The second-order valence-electron chi connectivity index (χ2n) is 4.65. The fraction of sp³-hybridized carbons (Fsp3) is 0.417. The Morgan fingerprint density at radius 2 is 2.12 bits per heavy atom. The number of benzene rings is 1. The summed E-state index contributed by atoms with van der Waals surface area (Å²) in [5.41, 5.74) is 10.9. The average molecular weight is 240 g/mol. The Morgan fingerprint density at radius 1 is 1.47 bits per heavy atom. The van der Waals surface area contributed by atoms with Crippen LogP contribution in [-0.4, -0.2) is 18.1 Å². The molecule has 0 spiro atoms. The number of ether oxygens (including phenoxy) is 1. The number of nitrogens with two attached hydrogens (primary N) is 2. The second-order valence-corrected chi connectivity index (χ2v) is 4.65. The van der Waals surface area contributed by atoms with Gasteiger partial charge in [0.05, 0.1) is 13.2 Å². The topological polar surface area (TPSA) is 78.3 Å². The van der Waals surface area contributed by atoms with E-state index in [0.717, 1.165) is 0 Å². The number of hydrogen-bond acceptors (Lipinski definition) is 3. The first-order chi connectivity index (χ1) is 7.79. The van der Waals surface area contributed by atoms with Crippen LogP contribution in [-0.2, 0) is 11.3 Å². The fourth-order valence-corrected chi connectivity index (χ4v) is 1.26. The van der Waals surface area contributed by atoms with Crippen molar-refractivity contribution in [3.05, 3.63) is 35.1 Å². The molecule has 1 aromatic carbocycles. The Bertz CT molecular complexity index is 413. The van der Waals surface area contributed by atoms with Gasteiger partial charge in [-0.1, -0.05) is 0 Å². The molecule has 5 heteroatoms. The summed E-state index contributed by atoms with van der Waals surface area (Å²) in [7, 11) is 0. The summed E-state index contributed by atoms with van der Waals surface area (Å²) in [4.78, 5) is 10.9. The van der Waals surface area contributed by atoms with Gasteiger partial charge in [0.2, 0.25) is 5.91 Å². The molecular formula is C12H17FN2O2. The fourth-order valence-electron chi connectivity index (χ4n) is 1.26. The lowest BCUT2D eigenvalue weighted by Gasteiger charge is -2.18. The lowest BCUT2D eigenvalue weighted by molar-refractivity contribution is 0.0831. The summed E-state index contributed by atoms with van der Waals surface area (Å²) in [5.74, 6) is -1.02. The van der Waals surface area contributed by atoms with Crippen LogP contribution in [0.5, 0.6) is 0 Å². The predicted octanol–water partition coefficient (Wildman–Crippen LogP) is 1.18. The maximum Gasteiger partial charge on any atom is 0.248 e. The van der Waals surface area contributed by atoms with Gasteiger partial charge in [0.1, 0.15) is 5.82 Å². The first-order valence-corrected chi connectivity index (χ1v) is 5.24. The minimum absolute atomic E-state index is 0.0631. The smallest absolute Gasteiger partial charge is 0.248 e. The number of hydrogen-bond donors (Lipinski definition) is 2. The van der Waals surface area contributed by atoms with E-state index in [9.17, 15) is 9.18 Å². The highest BCUT2D eigenvalue weighted by Crippen LogP contribution is 2.12. The highest BCUT2D eigenvalue weighted by Gasteiger charge is 2.12. The van der Waals surface area contributed by atoms with Gasteiger partial charge in [0.15, 0.2) is 0 Å². The van der Waals surface area contributed by atoms with Crippen LogP contribution in [0.4, 0.5) is 4.39 Å². The Hall–Kier alpha value is -1.46. The van der Waals surface area contributed by atoms with Crippen molar-refractivity contribution in [2.75, 3.05) is 6.61 Å². The van der Waals surface area contributed by atoms with Gasteiger partial charge in [0.25, 0.3) is 0 Å². The van der Waals surface area contributed by atoms with Crippen LogP contribution in [0.2, 0.25) is 0 Å². The van der Waals surface area contributed by atoms with Crippen molar-refractivity contribution in [2.45, 2.75) is 26.0 Å². The quantitative estimate of drug-likeness (QED) is 0.811. The number of primary amides is 1. The standard InChI is InChI=1S/C12H17FN2O2/c1-12(2,15)7-17-6-9-5-8(11(14)16)3-4-10(9)13/h3-5H,6-7,15H2,1-2H3,(H2,14,16). The lowest BCUT2D eigenvalue weighted by Crippen LogP contribution is -2.37. The molecule has 0 aliphatic heterocycles. The van der Waals surface area contributed by atoms with Gasteiger partial charge in [-0.15, -0.1) is 0 Å². The van der Waals surface area contributed by atoms with Crippen molar-refractivity contribution in [3.8, 4) is 0 Å². The Balaban J connectivity index is 2.70. The molecule has 94 valence electrons. The van der Waals surface area contributed by atoms with Crippen molar-refractivity contribution in [1.29, 1.82) is 0 Å². The molecule has 0 radical (unpaired) electrons. The molecule has 4 N–H and O–H groups in total. The van der Waals surface area contributed by atoms with Crippen molar-refractivity contribution >= 4 is 5.91 Å².